The van der Waals surface area contributed by atoms with Gasteiger partial charge in [-0.3, -0.25) is 0 Å². The van der Waals surface area contributed by atoms with E-state index in [-0.39, 0.29) is 0 Å². The average Bonchev–Trinajstić information content (AvgIpc) is 2.68. The van der Waals surface area contributed by atoms with Gasteiger partial charge in [-0.2, -0.15) is 0 Å². The molecule has 3 rings (SSSR count). The lowest BCUT2D eigenvalue weighted by atomic mass is 9.96. The zero-order chi connectivity index (χ0) is 17.5. The molecule has 0 aliphatic rings. The minimum atomic E-state index is 0.494. The Morgan fingerprint density at radius 1 is 0.960 bits per heavy atom. The van der Waals surface area contributed by atoms with Crippen molar-refractivity contribution >= 4 is 28.1 Å². The number of halogens is 1. The summed E-state index contributed by atoms with van der Waals surface area (Å²) < 4.78 is 5.25. The van der Waals surface area contributed by atoms with Crippen molar-refractivity contribution in [3.05, 3.63) is 77.9 Å². The van der Waals surface area contributed by atoms with Crippen LogP contribution in [0, 0.1) is 0 Å². The summed E-state index contributed by atoms with van der Waals surface area (Å²) in [5, 5.41) is 6.73. The van der Waals surface area contributed by atoms with E-state index in [1.807, 2.05) is 42.5 Å². The van der Waals surface area contributed by atoms with Crippen molar-refractivity contribution in [2.75, 3.05) is 19.6 Å². The monoisotopic (exact) mass is 353 g/mol. The fourth-order valence-electron chi connectivity index (χ4n) is 2.67. The number of alkyl halides is 1. The smallest absolute Gasteiger partial charge is 0.118 e. The summed E-state index contributed by atoms with van der Waals surface area (Å²) in [5.41, 5.74) is 2.81. The number of nitrogens with zero attached hydrogens (tertiary/aromatic N) is 1. The Kier molecular flexibility index (Phi) is 5.91. The highest BCUT2D eigenvalue weighted by Gasteiger charge is 2.12. The Labute approximate surface area is 152 Å². The van der Waals surface area contributed by atoms with Crippen LogP contribution in [-0.4, -0.2) is 25.3 Å². The SMILES string of the molecule is COc1ccc(C(=NOCCCCl)c2cccc3ccccc23)cc1. The highest BCUT2D eigenvalue weighted by molar-refractivity contribution is 6.19. The first-order valence-electron chi connectivity index (χ1n) is 8.22. The van der Waals surface area contributed by atoms with Crippen molar-refractivity contribution in [3.63, 3.8) is 0 Å². The van der Waals surface area contributed by atoms with Crippen LogP contribution < -0.4 is 4.74 Å². The summed E-state index contributed by atoms with van der Waals surface area (Å²) in [6, 6.07) is 22.3. The van der Waals surface area contributed by atoms with E-state index in [1.165, 1.54) is 5.39 Å². The quantitative estimate of drug-likeness (QED) is 0.251. The predicted molar refractivity (Wildman–Crippen MR) is 104 cm³/mol. The van der Waals surface area contributed by atoms with Gasteiger partial charge in [-0.25, -0.2) is 0 Å². The van der Waals surface area contributed by atoms with Gasteiger partial charge in [0.25, 0.3) is 0 Å². The summed E-state index contributed by atoms with van der Waals surface area (Å²) in [4.78, 5) is 5.52. The van der Waals surface area contributed by atoms with E-state index in [1.54, 1.807) is 7.11 Å². The molecule has 0 atom stereocenters. The third-order valence-corrected chi connectivity index (χ3v) is 4.20. The van der Waals surface area contributed by atoms with Gasteiger partial charge in [0.15, 0.2) is 0 Å². The van der Waals surface area contributed by atoms with Crippen LogP contribution in [0.25, 0.3) is 10.8 Å². The third kappa shape index (κ3) is 4.12. The van der Waals surface area contributed by atoms with Crippen LogP contribution in [0.2, 0.25) is 0 Å². The molecule has 0 aliphatic heterocycles. The molecule has 0 bridgehead atoms. The fraction of sp³-hybridized carbons (Fsp3) is 0.190. The summed E-state index contributed by atoms with van der Waals surface area (Å²) >= 11 is 5.72. The molecule has 0 amide bonds. The first-order valence-corrected chi connectivity index (χ1v) is 8.75. The molecule has 0 aromatic heterocycles. The van der Waals surface area contributed by atoms with Gasteiger partial charge >= 0.3 is 0 Å². The van der Waals surface area contributed by atoms with Gasteiger partial charge in [0.1, 0.15) is 18.1 Å². The maximum Gasteiger partial charge on any atom is 0.118 e. The molecule has 0 saturated carbocycles. The van der Waals surface area contributed by atoms with E-state index in [0.717, 1.165) is 34.4 Å². The molecule has 0 radical (unpaired) electrons. The normalized spacial score (nSPS) is 11.5. The molecule has 0 saturated heterocycles. The number of hydrogen-bond acceptors (Lipinski definition) is 3. The molecule has 0 heterocycles. The summed E-state index contributed by atoms with van der Waals surface area (Å²) in [6.07, 6.45) is 0.760. The van der Waals surface area contributed by atoms with Crippen LogP contribution in [0.3, 0.4) is 0 Å². The zero-order valence-electron chi connectivity index (χ0n) is 14.1. The van der Waals surface area contributed by atoms with Crippen molar-refractivity contribution in [1.29, 1.82) is 0 Å². The number of methoxy groups -OCH3 is 1. The predicted octanol–water partition coefficient (Wildman–Crippen LogP) is 5.25. The Bertz CT molecular complexity index is 854. The molecule has 0 aliphatic carbocycles. The van der Waals surface area contributed by atoms with Crippen molar-refractivity contribution in [2.45, 2.75) is 6.42 Å². The highest BCUT2D eigenvalue weighted by Crippen LogP contribution is 2.23. The van der Waals surface area contributed by atoms with E-state index < -0.39 is 0 Å². The molecule has 0 unspecified atom stereocenters. The second-order valence-electron chi connectivity index (χ2n) is 5.57. The standard InChI is InChI=1S/C21H20ClNO2/c1-24-18-12-10-17(11-13-18)21(23-25-15-5-14-22)20-9-4-7-16-6-2-3-8-19(16)20/h2-4,6-13H,5,14-15H2,1H3. The maximum absolute atomic E-state index is 5.72. The van der Waals surface area contributed by atoms with Gasteiger partial charge in [0, 0.05) is 17.0 Å². The van der Waals surface area contributed by atoms with E-state index in [2.05, 4.69) is 29.4 Å². The molecule has 0 N–H and O–H groups in total. The van der Waals surface area contributed by atoms with Crippen LogP contribution >= 0.6 is 11.6 Å². The minimum Gasteiger partial charge on any atom is -0.497 e. The van der Waals surface area contributed by atoms with Gasteiger partial charge in [-0.1, -0.05) is 47.6 Å². The Morgan fingerprint density at radius 2 is 1.72 bits per heavy atom. The zero-order valence-corrected chi connectivity index (χ0v) is 14.9. The molecule has 3 nitrogen and oxygen atoms in total. The summed E-state index contributed by atoms with van der Waals surface area (Å²) in [5.74, 6) is 1.37. The number of hydrogen-bond donors (Lipinski definition) is 0. The molecule has 3 aromatic rings. The molecule has 4 heteroatoms. The lowest BCUT2D eigenvalue weighted by molar-refractivity contribution is 0.146. The molecule has 3 aromatic carbocycles. The average molecular weight is 354 g/mol. The Morgan fingerprint density at radius 3 is 2.48 bits per heavy atom. The second-order valence-corrected chi connectivity index (χ2v) is 5.95. The largest absolute Gasteiger partial charge is 0.497 e. The molecular formula is C21H20ClNO2. The third-order valence-electron chi connectivity index (χ3n) is 3.93. The van der Waals surface area contributed by atoms with Crippen molar-refractivity contribution in [1.82, 2.24) is 0 Å². The van der Waals surface area contributed by atoms with Crippen molar-refractivity contribution in [2.24, 2.45) is 5.16 Å². The minimum absolute atomic E-state index is 0.494. The molecule has 0 fully saturated rings. The van der Waals surface area contributed by atoms with Gasteiger partial charge in [0.05, 0.1) is 7.11 Å². The van der Waals surface area contributed by atoms with Crippen LogP contribution in [0.15, 0.2) is 71.9 Å². The fourth-order valence-corrected chi connectivity index (χ4v) is 2.78. The van der Waals surface area contributed by atoms with E-state index in [0.29, 0.717) is 12.5 Å². The van der Waals surface area contributed by atoms with Crippen LogP contribution in [0.1, 0.15) is 17.5 Å². The molecule has 25 heavy (non-hydrogen) atoms. The van der Waals surface area contributed by atoms with Gasteiger partial charge in [0.2, 0.25) is 0 Å². The van der Waals surface area contributed by atoms with E-state index >= 15 is 0 Å². The van der Waals surface area contributed by atoms with E-state index in [4.69, 9.17) is 21.2 Å². The lowest BCUT2D eigenvalue weighted by Gasteiger charge is -2.11. The summed E-state index contributed by atoms with van der Waals surface area (Å²) in [6.45, 7) is 0.494. The molecule has 0 spiro atoms. The van der Waals surface area contributed by atoms with Crippen molar-refractivity contribution in [3.8, 4) is 5.75 Å². The lowest BCUT2D eigenvalue weighted by Crippen LogP contribution is -2.06. The van der Waals surface area contributed by atoms with Crippen LogP contribution in [0.4, 0.5) is 0 Å². The number of rotatable bonds is 7. The number of ether oxygens (including phenoxy) is 1. The first kappa shape index (κ1) is 17.3. The molecular weight excluding hydrogens is 334 g/mol. The Balaban J connectivity index is 2.06. The first-order chi connectivity index (χ1) is 12.3. The van der Waals surface area contributed by atoms with Crippen LogP contribution in [-0.2, 0) is 4.84 Å². The van der Waals surface area contributed by atoms with Gasteiger partial charge in [-0.05, 0) is 41.5 Å². The second kappa shape index (κ2) is 8.54. The summed E-state index contributed by atoms with van der Waals surface area (Å²) in [7, 11) is 1.66. The number of fused-ring (bicyclic) bond motifs is 1. The number of benzene rings is 3. The van der Waals surface area contributed by atoms with Crippen LogP contribution in [0.5, 0.6) is 5.75 Å². The topological polar surface area (TPSA) is 30.8 Å². The number of oxime groups is 1. The highest BCUT2D eigenvalue weighted by atomic mass is 35.5. The Hall–Kier alpha value is -2.52. The molecule has 128 valence electrons. The van der Waals surface area contributed by atoms with Gasteiger partial charge < -0.3 is 9.57 Å². The van der Waals surface area contributed by atoms with E-state index in [9.17, 15) is 0 Å². The maximum atomic E-state index is 5.72. The van der Waals surface area contributed by atoms with Gasteiger partial charge in [-0.15, -0.1) is 11.6 Å². The van der Waals surface area contributed by atoms with Crippen molar-refractivity contribution < 1.29 is 9.57 Å².